The highest BCUT2D eigenvalue weighted by molar-refractivity contribution is 7.99. The van der Waals surface area contributed by atoms with E-state index in [2.05, 4.69) is 0 Å². The van der Waals surface area contributed by atoms with Crippen LogP contribution in [0.4, 0.5) is 4.39 Å². The second-order valence-electron chi connectivity index (χ2n) is 5.91. The van der Waals surface area contributed by atoms with E-state index in [0.717, 1.165) is 5.56 Å². The van der Waals surface area contributed by atoms with Gasteiger partial charge in [-0.1, -0.05) is 11.8 Å². The molecule has 0 radical (unpaired) electrons. The molecule has 0 spiro atoms. The van der Waals surface area contributed by atoms with Crippen LogP contribution in [0.3, 0.4) is 0 Å². The molecule has 0 bridgehead atoms. The van der Waals surface area contributed by atoms with Crippen molar-refractivity contribution in [1.29, 1.82) is 0 Å². The van der Waals surface area contributed by atoms with Gasteiger partial charge in [-0.25, -0.2) is 9.18 Å². The molecule has 27 heavy (non-hydrogen) atoms. The van der Waals surface area contributed by atoms with E-state index in [4.69, 9.17) is 9.47 Å². The van der Waals surface area contributed by atoms with Crippen LogP contribution >= 0.6 is 11.8 Å². The van der Waals surface area contributed by atoms with Crippen LogP contribution in [0.15, 0.2) is 42.5 Å². The number of hydrogen-bond acceptors (Lipinski definition) is 6. The maximum Gasteiger partial charge on any atom is 0.343 e. The number of quaternary nitrogens is 1. The predicted molar refractivity (Wildman–Crippen MR) is 94.9 cm³/mol. The molecule has 0 aromatic heterocycles. The van der Waals surface area contributed by atoms with Crippen LogP contribution in [0.5, 0.6) is 11.5 Å². The minimum Gasteiger partial charge on any atom is -0.544 e. The number of thioether (sulfide) groups is 1. The van der Waals surface area contributed by atoms with Gasteiger partial charge in [0.05, 0.1) is 17.9 Å². The number of hydrogen-bond donors (Lipinski definition) is 1. The molecule has 142 valence electrons. The first-order chi connectivity index (χ1) is 13.0. The first kappa shape index (κ1) is 19.2. The van der Waals surface area contributed by atoms with E-state index in [9.17, 15) is 19.1 Å². The van der Waals surface area contributed by atoms with Crippen molar-refractivity contribution in [2.45, 2.75) is 18.3 Å². The normalized spacial score (nSPS) is 18.9. The third-order valence-corrected chi connectivity index (χ3v) is 5.38. The molecular formula is C19H18FNO5S. The minimum atomic E-state index is -1.08. The molecule has 1 heterocycles. The fourth-order valence-electron chi connectivity index (χ4n) is 2.68. The van der Waals surface area contributed by atoms with E-state index >= 15 is 0 Å². The van der Waals surface area contributed by atoms with Gasteiger partial charge in [-0.3, -0.25) is 0 Å². The fraction of sp³-hybridized carbons (Fsp3) is 0.263. The Morgan fingerprint density at radius 2 is 1.96 bits per heavy atom. The Hall–Kier alpha value is -2.58. The molecule has 2 N–H and O–H groups in total. The molecular weight excluding hydrogens is 373 g/mol. The highest BCUT2D eigenvalue weighted by Crippen LogP contribution is 2.34. The topological polar surface area (TPSA) is 92.3 Å². The number of ether oxygens (including phenoxy) is 2. The quantitative estimate of drug-likeness (QED) is 0.580. The molecule has 0 unspecified atom stereocenters. The number of aliphatic carboxylic acids is 1. The van der Waals surface area contributed by atoms with Crippen LogP contribution in [0.2, 0.25) is 0 Å². The van der Waals surface area contributed by atoms with Crippen molar-refractivity contribution in [3.63, 3.8) is 0 Å². The second-order valence-corrected chi connectivity index (χ2v) is 7.08. The van der Waals surface area contributed by atoms with Crippen LogP contribution in [-0.4, -0.2) is 30.3 Å². The first-order valence-electron chi connectivity index (χ1n) is 8.40. The Kier molecular flexibility index (Phi) is 5.98. The Morgan fingerprint density at radius 3 is 2.59 bits per heavy atom. The highest BCUT2D eigenvalue weighted by atomic mass is 32.2. The maximum atomic E-state index is 13.0. The van der Waals surface area contributed by atoms with E-state index in [1.807, 2.05) is 0 Å². The molecule has 2 aromatic rings. The van der Waals surface area contributed by atoms with E-state index in [-0.39, 0.29) is 16.7 Å². The summed E-state index contributed by atoms with van der Waals surface area (Å²) in [7, 11) is 0. The van der Waals surface area contributed by atoms with Gasteiger partial charge in [0.25, 0.3) is 0 Å². The summed E-state index contributed by atoms with van der Waals surface area (Å²) < 4.78 is 24.0. The first-order valence-corrected chi connectivity index (χ1v) is 9.44. The monoisotopic (exact) mass is 391 g/mol. The van der Waals surface area contributed by atoms with Crippen molar-refractivity contribution in [2.24, 2.45) is 0 Å². The zero-order valence-corrected chi connectivity index (χ0v) is 15.3. The Balaban J connectivity index is 1.78. The number of carbonyl (C=O) groups is 2. The van der Waals surface area contributed by atoms with Gasteiger partial charge in [-0.2, -0.15) is 0 Å². The van der Waals surface area contributed by atoms with Crippen LogP contribution in [0.1, 0.15) is 28.2 Å². The molecule has 8 heteroatoms. The van der Waals surface area contributed by atoms with E-state index in [1.54, 1.807) is 30.4 Å². The summed E-state index contributed by atoms with van der Waals surface area (Å²) in [5, 5.41) is 12.6. The molecule has 0 amide bonds. The van der Waals surface area contributed by atoms with Gasteiger partial charge < -0.3 is 24.7 Å². The van der Waals surface area contributed by atoms with Crippen LogP contribution in [0.25, 0.3) is 0 Å². The zero-order valence-electron chi connectivity index (χ0n) is 14.5. The fourth-order valence-corrected chi connectivity index (χ4v) is 3.98. The molecule has 1 saturated heterocycles. The van der Waals surface area contributed by atoms with Gasteiger partial charge >= 0.3 is 5.97 Å². The molecule has 3 rings (SSSR count). The number of carboxylic acid groups (broad SMARTS) is 1. The summed E-state index contributed by atoms with van der Waals surface area (Å²) in [6, 6.07) is 9.58. The van der Waals surface area contributed by atoms with Crippen LogP contribution in [-0.2, 0) is 4.79 Å². The number of carbonyl (C=O) groups excluding carboxylic acids is 2. The summed E-state index contributed by atoms with van der Waals surface area (Å²) in [6.07, 6.45) is 0. The van der Waals surface area contributed by atoms with E-state index in [1.165, 1.54) is 36.0 Å². The second kappa shape index (κ2) is 8.41. The van der Waals surface area contributed by atoms with E-state index in [0.29, 0.717) is 18.1 Å². The van der Waals surface area contributed by atoms with Crippen molar-refractivity contribution in [2.75, 3.05) is 12.4 Å². The molecule has 1 aliphatic heterocycles. The predicted octanol–water partition coefficient (Wildman–Crippen LogP) is 0.871. The maximum absolute atomic E-state index is 13.0. The SMILES string of the molecule is CCOc1cc([C@@H]2[NH2+][C@@H](C(=O)[O-])CS2)ccc1OC(=O)c1ccc(F)cc1. The largest absolute Gasteiger partial charge is 0.544 e. The van der Waals surface area contributed by atoms with Gasteiger partial charge in [-0.15, -0.1) is 0 Å². The standard InChI is InChI=1S/C19H18FNO5S/c1-2-25-16-9-12(17-21-14(10-27-17)18(22)23)5-8-15(16)26-19(24)11-3-6-13(20)7-4-11/h3-9,14,17,21H,2,10H2,1H3,(H,22,23)/t14-,17-/m1/s1. The summed E-state index contributed by atoms with van der Waals surface area (Å²) >= 11 is 1.50. The van der Waals surface area contributed by atoms with Gasteiger partial charge in [0, 0.05) is 5.56 Å². The average Bonchev–Trinajstić information content (AvgIpc) is 3.14. The summed E-state index contributed by atoms with van der Waals surface area (Å²) in [5.74, 6) is -1.06. The van der Waals surface area contributed by atoms with Crippen molar-refractivity contribution < 1.29 is 33.9 Å². The Labute approximate surface area is 159 Å². The molecule has 2 aromatic carbocycles. The smallest absolute Gasteiger partial charge is 0.343 e. The molecule has 0 aliphatic carbocycles. The van der Waals surface area contributed by atoms with E-state index < -0.39 is 23.8 Å². The lowest BCUT2D eigenvalue weighted by molar-refractivity contribution is -0.690. The van der Waals surface area contributed by atoms with Crippen molar-refractivity contribution in [3.05, 3.63) is 59.4 Å². The molecule has 2 atom stereocenters. The van der Waals surface area contributed by atoms with Gasteiger partial charge in [-0.05, 0) is 49.4 Å². The number of rotatable bonds is 6. The van der Waals surface area contributed by atoms with Crippen LogP contribution in [0, 0.1) is 5.82 Å². The molecule has 6 nitrogen and oxygen atoms in total. The third-order valence-electron chi connectivity index (χ3n) is 4.04. The highest BCUT2D eigenvalue weighted by Gasteiger charge is 2.31. The number of benzene rings is 2. The number of nitrogens with two attached hydrogens (primary N) is 1. The lowest BCUT2D eigenvalue weighted by Gasteiger charge is -2.15. The van der Waals surface area contributed by atoms with Gasteiger partial charge in [0.15, 0.2) is 16.9 Å². The molecule has 1 fully saturated rings. The van der Waals surface area contributed by atoms with Gasteiger partial charge in [0.2, 0.25) is 0 Å². The lowest BCUT2D eigenvalue weighted by atomic mass is 10.1. The number of halogens is 1. The third kappa shape index (κ3) is 4.58. The Morgan fingerprint density at radius 1 is 1.22 bits per heavy atom. The summed E-state index contributed by atoms with van der Waals surface area (Å²) in [6.45, 7) is 2.18. The van der Waals surface area contributed by atoms with Gasteiger partial charge in [0.1, 0.15) is 17.8 Å². The molecule has 0 saturated carbocycles. The zero-order chi connectivity index (χ0) is 19.4. The molecule has 1 aliphatic rings. The van der Waals surface area contributed by atoms with Crippen LogP contribution < -0.4 is 19.9 Å². The van der Waals surface area contributed by atoms with Crippen molar-refractivity contribution >= 4 is 23.7 Å². The number of carboxylic acids is 1. The summed E-state index contributed by atoms with van der Waals surface area (Å²) in [5.41, 5.74) is 1.08. The Bertz CT molecular complexity index is 842. The minimum absolute atomic E-state index is 0.103. The lowest BCUT2D eigenvalue weighted by Crippen LogP contribution is -2.90. The summed E-state index contributed by atoms with van der Waals surface area (Å²) in [4.78, 5) is 23.3. The van der Waals surface area contributed by atoms with Crippen molar-refractivity contribution in [3.8, 4) is 11.5 Å². The van der Waals surface area contributed by atoms with Crippen molar-refractivity contribution in [1.82, 2.24) is 0 Å². The number of esters is 1. The average molecular weight is 391 g/mol.